The van der Waals surface area contributed by atoms with Crippen molar-refractivity contribution in [2.75, 3.05) is 26.4 Å². The number of hydrogen-bond acceptors (Lipinski definition) is 5. The minimum Gasteiger partial charge on any atom is -0.493 e. The van der Waals surface area contributed by atoms with Crippen molar-refractivity contribution in [3.8, 4) is 0 Å². The van der Waals surface area contributed by atoms with Crippen LogP contribution < -0.4 is 0 Å². The van der Waals surface area contributed by atoms with Crippen LogP contribution >= 0.6 is 0 Å². The van der Waals surface area contributed by atoms with E-state index in [1.54, 1.807) is 0 Å². The van der Waals surface area contributed by atoms with Crippen molar-refractivity contribution < 1.29 is 23.8 Å². The maximum absolute atomic E-state index is 12.1. The maximum atomic E-state index is 12.1. The summed E-state index contributed by atoms with van der Waals surface area (Å²) in [6, 6.07) is 0.267. The zero-order valence-electron chi connectivity index (χ0n) is 11.8. The minimum atomic E-state index is -0.650. The molecule has 2 aliphatic heterocycles. The van der Waals surface area contributed by atoms with Gasteiger partial charge in [0.15, 0.2) is 6.61 Å². The molecule has 2 aliphatic rings. The van der Waals surface area contributed by atoms with Gasteiger partial charge in [-0.2, -0.15) is 0 Å². The Morgan fingerprint density at radius 2 is 2.25 bits per heavy atom. The minimum absolute atomic E-state index is 0.0229. The van der Waals surface area contributed by atoms with E-state index in [9.17, 15) is 9.59 Å². The molecule has 112 valence electrons. The number of carbonyl (C=O) groups is 2. The Bertz CT molecular complexity index is 393. The fraction of sp³-hybridized carbons (Fsp3) is 0.714. The predicted molar refractivity (Wildman–Crippen MR) is 70.6 cm³/mol. The van der Waals surface area contributed by atoms with Crippen LogP contribution in [0.25, 0.3) is 0 Å². The van der Waals surface area contributed by atoms with Gasteiger partial charge in [0.2, 0.25) is 5.76 Å². The van der Waals surface area contributed by atoms with Gasteiger partial charge in [-0.3, -0.25) is 4.79 Å². The molecule has 0 aromatic heterocycles. The Balaban J connectivity index is 1.81. The Morgan fingerprint density at radius 3 is 2.95 bits per heavy atom. The lowest BCUT2D eigenvalue weighted by atomic mass is 10.00. The lowest BCUT2D eigenvalue weighted by molar-refractivity contribution is -0.154. The Labute approximate surface area is 118 Å². The van der Waals surface area contributed by atoms with Crippen LogP contribution in [0.3, 0.4) is 0 Å². The third-order valence-electron chi connectivity index (χ3n) is 3.60. The van der Waals surface area contributed by atoms with Crippen LogP contribution in [0.2, 0.25) is 0 Å². The largest absolute Gasteiger partial charge is 0.493 e. The molecule has 1 atom stereocenters. The van der Waals surface area contributed by atoms with Gasteiger partial charge in [0, 0.05) is 12.6 Å². The number of amides is 1. The lowest BCUT2D eigenvalue weighted by Crippen LogP contribution is -2.45. The molecule has 1 fully saturated rings. The summed E-state index contributed by atoms with van der Waals surface area (Å²) in [5.41, 5.74) is 0. The highest BCUT2D eigenvalue weighted by Crippen LogP contribution is 2.19. The van der Waals surface area contributed by atoms with Crippen molar-refractivity contribution in [3.05, 3.63) is 12.0 Å². The van der Waals surface area contributed by atoms with Gasteiger partial charge in [0.05, 0.1) is 0 Å². The summed E-state index contributed by atoms with van der Waals surface area (Å²) in [5.74, 6) is -0.764. The summed E-state index contributed by atoms with van der Waals surface area (Å²) < 4.78 is 15.1. The highest BCUT2D eigenvalue weighted by molar-refractivity contribution is 5.88. The van der Waals surface area contributed by atoms with Crippen molar-refractivity contribution in [1.82, 2.24) is 4.90 Å². The number of hydrogen-bond donors (Lipinski definition) is 0. The van der Waals surface area contributed by atoms with Gasteiger partial charge in [-0.05, 0) is 25.7 Å². The third kappa shape index (κ3) is 3.65. The molecule has 1 unspecified atom stereocenters. The Morgan fingerprint density at radius 1 is 1.40 bits per heavy atom. The third-order valence-corrected chi connectivity index (χ3v) is 3.60. The summed E-state index contributed by atoms with van der Waals surface area (Å²) in [5, 5.41) is 0. The van der Waals surface area contributed by atoms with Gasteiger partial charge < -0.3 is 19.1 Å². The van der Waals surface area contributed by atoms with E-state index in [0.29, 0.717) is 13.2 Å². The zero-order valence-corrected chi connectivity index (χ0v) is 11.8. The van der Waals surface area contributed by atoms with E-state index in [1.165, 1.54) is 6.26 Å². The summed E-state index contributed by atoms with van der Waals surface area (Å²) in [6.45, 7) is 3.31. The number of ether oxygens (including phenoxy) is 3. The normalized spacial score (nSPS) is 22.4. The van der Waals surface area contributed by atoms with Gasteiger partial charge in [0.1, 0.15) is 19.5 Å². The average molecular weight is 283 g/mol. The van der Waals surface area contributed by atoms with Crippen molar-refractivity contribution in [1.29, 1.82) is 0 Å². The first kappa shape index (κ1) is 14.7. The van der Waals surface area contributed by atoms with Crippen LogP contribution in [-0.2, 0) is 23.8 Å². The smallest absolute Gasteiger partial charge is 0.377 e. The number of esters is 1. The Hall–Kier alpha value is -1.72. The number of nitrogens with zero attached hydrogens (tertiary/aromatic N) is 1. The second-order valence-corrected chi connectivity index (χ2v) is 4.92. The number of piperidine rings is 1. The van der Waals surface area contributed by atoms with E-state index in [1.807, 2.05) is 4.90 Å². The molecule has 0 aromatic carbocycles. The van der Waals surface area contributed by atoms with Gasteiger partial charge >= 0.3 is 5.97 Å². The average Bonchev–Trinajstić information content (AvgIpc) is 2.53. The molecule has 0 saturated carbocycles. The molecule has 0 N–H and O–H groups in total. The summed E-state index contributed by atoms with van der Waals surface area (Å²) in [4.78, 5) is 25.6. The van der Waals surface area contributed by atoms with Crippen molar-refractivity contribution in [3.63, 3.8) is 0 Å². The van der Waals surface area contributed by atoms with Crippen LogP contribution in [-0.4, -0.2) is 49.2 Å². The van der Waals surface area contributed by atoms with Crippen LogP contribution in [0, 0.1) is 0 Å². The van der Waals surface area contributed by atoms with E-state index in [0.717, 1.165) is 32.2 Å². The van der Waals surface area contributed by atoms with E-state index in [4.69, 9.17) is 14.2 Å². The van der Waals surface area contributed by atoms with E-state index >= 15 is 0 Å². The van der Waals surface area contributed by atoms with Crippen molar-refractivity contribution in [2.45, 2.75) is 38.6 Å². The molecule has 6 heteroatoms. The fourth-order valence-corrected chi connectivity index (χ4v) is 2.51. The standard InChI is InChI=1S/C14H21NO5/c1-2-11-5-3-4-6-15(11)13(16)10-20-14(17)12-9-18-7-8-19-12/h9,11H,2-8,10H2,1H3. The second-order valence-electron chi connectivity index (χ2n) is 4.92. The molecule has 1 amide bonds. The molecular formula is C14H21NO5. The first-order valence-corrected chi connectivity index (χ1v) is 7.13. The molecule has 0 radical (unpaired) electrons. The number of likely N-dealkylation sites (tertiary alicyclic amines) is 1. The molecule has 0 aromatic rings. The Kier molecular flexibility index (Phi) is 5.26. The monoisotopic (exact) mass is 283 g/mol. The number of rotatable bonds is 4. The van der Waals surface area contributed by atoms with E-state index in [-0.39, 0.29) is 24.3 Å². The van der Waals surface area contributed by atoms with Crippen LogP contribution in [0.1, 0.15) is 32.6 Å². The second kappa shape index (κ2) is 7.17. The van der Waals surface area contributed by atoms with Gasteiger partial charge in [-0.1, -0.05) is 6.92 Å². The first-order chi connectivity index (χ1) is 9.72. The molecule has 1 saturated heterocycles. The predicted octanol–water partition coefficient (Wildman–Crippen LogP) is 1.21. The van der Waals surface area contributed by atoms with Gasteiger partial charge in [0.25, 0.3) is 5.91 Å². The quantitative estimate of drug-likeness (QED) is 0.726. The van der Waals surface area contributed by atoms with Gasteiger partial charge in [-0.25, -0.2) is 4.79 Å². The fourth-order valence-electron chi connectivity index (χ4n) is 2.51. The molecule has 2 heterocycles. The summed E-state index contributed by atoms with van der Waals surface area (Å²) >= 11 is 0. The van der Waals surface area contributed by atoms with Crippen LogP contribution in [0.15, 0.2) is 12.0 Å². The molecule has 0 aliphatic carbocycles. The zero-order chi connectivity index (χ0) is 14.4. The maximum Gasteiger partial charge on any atom is 0.377 e. The molecule has 6 nitrogen and oxygen atoms in total. The summed E-state index contributed by atoms with van der Waals surface area (Å²) in [7, 11) is 0. The molecule has 20 heavy (non-hydrogen) atoms. The van der Waals surface area contributed by atoms with Crippen LogP contribution in [0.4, 0.5) is 0 Å². The lowest BCUT2D eigenvalue weighted by Gasteiger charge is -2.35. The molecule has 0 spiro atoms. The van der Waals surface area contributed by atoms with Crippen molar-refractivity contribution >= 4 is 11.9 Å². The van der Waals surface area contributed by atoms with E-state index < -0.39 is 5.97 Å². The highest BCUT2D eigenvalue weighted by Gasteiger charge is 2.26. The molecule has 2 rings (SSSR count). The summed E-state index contributed by atoms with van der Waals surface area (Å²) in [6.07, 6.45) is 5.35. The van der Waals surface area contributed by atoms with Gasteiger partial charge in [-0.15, -0.1) is 0 Å². The number of carbonyl (C=O) groups excluding carboxylic acids is 2. The first-order valence-electron chi connectivity index (χ1n) is 7.13. The van der Waals surface area contributed by atoms with Crippen molar-refractivity contribution in [2.24, 2.45) is 0 Å². The molecule has 0 bridgehead atoms. The molecular weight excluding hydrogens is 262 g/mol. The topological polar surface area (TPSA) is 65.1 Å². The van der Waals surface area contributed by atoms with E-state index in [2.05, 4.69) is 6.92 Å². The SMILES string of the molecule is CCC1CCCCN1C(=O)COC(=O)C1=COCCO1. The van der Waals surface area contributed by atoms with Crippen LogP contribution in [0.5, 0.6) is 0 Å². The highest BCUT2D eigenvalue weighted by atomic mass is 16.6.